The molecule has 0 aliphatic carbocycles. The Morgan fingerprint density at radius 1 is 0.660 bits per heavy atom. The minimum absolute atomic E-state index is 0.0982. The third kappa shape index (κ3) is 7.39. The van der Waals surface area contributed by atoms with Gasteiger partial charge < -0.3 is 94.1 Å². The molecule has 3 fully saturated rings. The van der Waals surface area contributed by atoms with E-state index in [2.05, 4.69) is 0 Å². The van der Waals surface area contributed by atoms with Crippen LogP contribution < -0.4 is 14.9 Å². The molecule has 0 unspecified atom stereocenters. The van der Waals surface area contributed by atoms with Gasteiger partial charge in [0.05, 0.1) is 19.3 Å². The Hall–Kier alpha value is -3.71. The number of hydrogen-bond acceptors (Lipinski definition) is 20. The van der Waals surface area contributed by atoms with Crippen LogP contribution in [0.2, 0.25) is 0 Å². The topological polar surface area (TPSA) is 328 Å². The molecule has 20 nitrogen and oxygen atoms in total. The Labute approximate surface area is 298 Å². The van der Waals surface area contributed by atoms with E-state index >= 15 is 0 Å². The van der Waals surface area contributed by atoms with E-state index in [9.17, 15) is 66.1 Å². The van der Waals surface area contributed by atoms with E-state index in [-0.39, 0.29) is 28.4 Å². The van der Waals surface area contributed by atoms with E-state index in [1.165, 1.54) is 31.2 Å². The molecule has 12 N–H and O–H groups in total. The van der Waals surface area contributed by atoms with Crippen LogP contribution in [0, 0.1) is 0 Å². The van der Waals surface area contributed by atoms with Gasteiger partial charge in [0, 0.05) is 17.7 Å². The largest absolute Gasteiger partial charge is 0.508 e. The maximum atomic E-state index is 14.2. The van der Waals surface area contributed by atoms with Crippen LogP contribution in [0.15, 0.2) is 45.6 Å². The maximum Gasteiger partial charge on any atom is 0.239 e. The highest BCUT2D eigenvalue weighted by atomic mass is 16.8. The summed E-state index contributed by atoms with van der Waals surface area (Å²) in [4.78, 5) is 14.2. The van der Waals surface area contributed by atoms with Crippen molar-refractivity contribution in [2.75, 3.05) is 13.2 Å². The zero-order valence-electron chi connectivity index (χ0n) is 27.7. The van der Waals surface area contributed by atoms with Crippen LogP contribution in [0.5, 0.6) is 23.0 Å². The summed E-state index contributed by atoms with van der Waals surface area (Å²) in [6, 6.07) is 7.18. The van der Waals surface area contributed by atoms with E-state index in [1.807, 2.05) is 0 Å². The van der Waals surface area contributed by atoms with Crippen molar-refractivity contribution < 1.29 is 94.1 Å². The fourth-order valence-corrected chi connectivity index (χ4v) is 6.23. The number of aromatic hydroxyl groups is 2. The second-order valence-electron chi connectivity index (χ2n) is 12.9. The number of rotatable bonds is 9. The molecule has 3 aliphatic heterocycles. The average Bonchev–Trinajstić information content (AvgIpc) is 3.13. The molecule has 1 aromatic heterocycles. The van der Waals surface area contributed by atoms with Crippen LogP contribution in [0.25, 0.3) is 22.3 Å². The molecule has 2 aromatic carbocycles. The van der Waals surface area contributed by atoms with Crippen molar-refractivity contribution in [3.8, 4) is 34.3 Å². The van der Waals surface area contributed by atoms with Crippen LogP contribution >= 0.6 is 0 Å². The first-order chi connectivity index (χ1) is 25.1. The summed E-state index contributed by atoms with van der Waals surface area (Å²) in [6.07, 6.45) is -25.3. The predicted octanol–water partition coefficient (Wildman–Crippen LogP) is -3.92. The van der Waals surface area contributed by atoms with Crippen LogP contribution in [0.4, 0.5) is 0 Å². The first-order valence-corrected chi connectivity index (χ1v) is 16.4. The number of phenolic OH excluding ortho intramolecular Hbond substituents is 2. The molecule has 0 spiro atoms. The number of aliphatic hydroxyl groups is 10. The number of phenols is 2. The summed E-state index contributed by atoms with van der Waals surface area (Å²) in [6.45, 7) is -0.235. The molecule has 15 atom stereocenters. The van der Waals surface area contributed by atoms with Crippen molar-refractivity contribution in [1.82, 2.24) is 0 Å². The van der Waals surface area contributed by atoms with Gasteiger partial charge in [0.25, 0.3) is 0 Å². The second kappa shape index (κ2) is 15.6. The van der Waals surface area contributed by atoms with Crippen LogP contribution in [-0.4, -0.2) is 167 Å². The average molecular weight is 757 g/mol. The normalized spacial score (nSPS) is 37.8. The molecule has 292 valence electrons. The highest BCUT2D eigenvalue weighted by Crippen LogP contribution is 2.39. The van der Waals surface area contributed by atoms with Crippen molar-refractivity contribution >= 4 is 11.0 Å². The molecule has 53 heavy (non-hydrogen) atoms. The van der Waals surface area contributed by atoms with E-state index in [4.69, 9.17) is 32.8 Å². The molecule has 3 aliphatic rings. The first kappa shape index (κ1) is 39.0. The highest BCUT2D eigenvalue weighted by Gasteiger charge is 2.51. The third-order valence-electron chi connectivity index (χ3n) is 9.29. The Kier molecular flexibility index (Phi) is 11.5. The summed E-state index contributed by atoms with van der Waals surface area (Å²) in [7, 11) is 0. The van der Waals surface area contributed by atoms with E-state index < -0.39 is 128 Å². The second-order valence-corrected chi connectivity index (χ2v) is 12.9. The van der Waals surface area contributed by atoms with Gasteiger partial charge in [0.2, 0.25) is 23.8 Å². The molecule has 0 radical (unpaired) electrons. The standard InChI is InChI=1S/C33H40O20/c1-10-19(38)23(42)26(45)31(47-10)53-30-25(44)21(40)17(9-35)51-33(30)52-29-22(41)18-14(37)6-13(48-32-27(46)24(43)20(39)16(8-34)50-32)7-15(18)49-28(29)11-2-4-12(36)5-3-11/h2-7,10,16-17,19-21,23-27,30-40,42-46H,8-9H2,1H3/t10-,16+,17+,19-,20+,21+,23+,24-,25-,26+,27+,30+,31-,32+,33-/m0/s1. The van der Waals surface area contributed by atoms with Gasteiger partial charge in [-0.3, -0.25) is 4.79 Å². The fraction of sp³-hybridized carbons (Fsp3) is 0.545. The Balaban J connectivity index is 1.41. The molecule has 3 saturated heterocycles. The van der Waals surface area contributed by atoms with Gasteiger partial charge in [-0.1, -0.05) is 0 Å². The van der Waals surface area contributed by atoms with Gasteiger partial charge >= 0.3 is 0 Å². The third-order valence-corrected chi connectivity index (χ3v) is 9.29. The van der Waals surface area contributed by atoms with Gasteiger partial charge in [0.1, 0.15) is 89.3 Å². The number of fused-ring (bicyclic) bond motifs is 1. The first-order valence-electron chi connectivity index (χ1n) is 16.4. The lowest BCUT2D eigenvalue weighted by Crippen LogP contribution is -2.64. The highest BCUT2D eigenvalue weighted by molar-refractivity contribution is 5.88. The van der Waals surface area contributed by atoms with Crippen molar-refractivity contribution in [3.63, 3.8) is 0 Å². The summed E-state index contributed by atoms with van der Waals surface area (Å²) in [5.41, 5.74) is -1.30. The lowest BCUT2D eigenvalue weighted by molar-refractivity contribution is -0.354. The van der Waals surface area contributed by atoms with Gasteiger partial charge in [-0.15, -0.1) is 0 Å². The maximum absolute atomic E-state index is 14.2. The fourth-order valence-electron chi connectivity index (χ4n) is 6.23. The van der Waals surface area contributed by atoms with Gasteiger partial charge in [-0.2, -0.15) is 0 Å². The lowest BCUT2D eigenvalue weighted by Gasteiger charge is -2.45. The van der Waals surface area contributed by atoms with Crippen molar-refractivity contribution in [3.05, 3.63) is 46.6 Å². The molecule has 0 amide bonds. The quantitative estimate of drug-likeness (QED) is 0.0992. The molecular formula is C33H40O20. The molecule has 6 rings (SSSR count). The SMILES string of the molecule is C[C@@H]1O[C@@H](O[C@H]2[C@H](Oc3c(-c4ccc(O)cc4)oc4cc(O[C@@H]5O[C@H](CO)[C@@H](O)[C@H](O)[C@H]5O)cc(O)c4c3=O)O[C@H](CO)[C@@H](O)[C@@H]2O)[C@H](O)[C@H](O)[C@H]1O. The molecule has 3 aromatic rings. The van der Waals surface area contributed by atoms with Gasteiger partial charge in [-0.25, -0.2) is 0 Å². The van der Waals surface area contributed by atoms with Crippen molar-refractivity contribution in [2.24, 2.45) is 0 Å². The Bertz CT molecular complexity index is 1780. The Morgan fingerprint density at radius 3 is 1.89 bits per heavy atom. The lowest BCUT2D eigenvalue weighted by atomic mass is 9.97. The van der Waals surface area contributed by atoms with Crippen LogP contribution in [0.1, 0.15) is 6.92 Å². The number of aliphatic hydroxyl groups excluding tert-OH is 10. The molecule has 0 saturated carbocycles. The molecular weight excluding hydrogens is 716 g/mol. The molecule has 4 heterocycles. The summed E-state index contributed by atoms with van der Waals surface area (Å²) in [5, 5.41) is 123. The monoisotopic (exact) mass is 756 g/mol. The van der Waals surface area contributed by atoms with E-state index in [0.717, 1.165) is 12.1 Å². The minimum atomic E-state index is -1.94. The minimum Gasteiger partial charge on any atom is -0.508 e. The number of hydrogen-bond donors (Lipinski definition) is 12. The van der Waals surface area contributed by atoms with Crippen LogP contribution in [-0.2, 0) is 18.9 Å². The zero-order valence-corrected chi connectivity index (χ0v) is 27.7. The van der Waals surface area contributed by atoms with E-state index in [1.54, 1.807) is 0 Å². The Morgan fingerprint density at radius 2 is 1.25 bits per heavy atom. The number of benzene rings is 2. The molecule has 20 heteroatoms. The van der Waals surface area contributed by atoms with E-state index in [0.29, 0.717) is 0 Å². The zero-order chi connectivity index (χ0) is 38.5. The van der Waals surface area contributed by atoms with Gasteiger partial charge in [0.15, 0.2) is 18.2 Å². The van der Waals surface area contributed by atoms with Gasteiger partial charge in [-0.05, 0) is 31.2 Å². The van der Waals surface area contributed by atoms with Crippen molar-refractivity contribution in [2.45, 2.75) is 99.0 Å². The smallest absolute Gasteiger partial charge is 0.239 e. The number of ether oxygens (including phenoxy) is 6. The summed E-state index contributed by atoms with van der Waals surface area (Å²) >= 11 is 0. The molecule has 0 bridgehead atoms. The summed E-state index contributed by atoms with van der Waals surface area (Å²) < 4.78 is 39.9. The summed E-state index contributed by atoms with van der Waals surface area (Å²) in [5.74, 6) is -2.26. The predicted molar refractivity (Wildman–Crippen MR) is 171 cm³/mol. The van der Waals surface area contributed by atoms with Crippen LogP contribution in [0.3, 0.4) is 0 Å². The van der Waals surface area contributed by atoms with Crippen molar-refractivity contribution in [1.29, 1.82) is 0 Å².